The van der Waals surface area contributed by atoms with E-state index in [0.29, 0.717) is 23.5 Å². The van der Waals surface area contributed by atoms with Crippen LogP contribution in [-0.2, 0) is 10.5 Å². The monoisotopic (exact) mass is 343 g/mol. The van der Waals surface area contributed by atoms with E-state index in [9.17, 15) is 9.59 Å². The molecule has 0 aliphatic rings. The maximum absolute atomic E-state index is 12.1. The Morgan fingerprint density at radius 1 is 1.12 bits per heavy atom. The number of nitrogens with one attached hydrogen (secondary N) is 2. The highest BCUT2D eigenvalue weighted by Gasteiger charge is 2.12. The van der Waals surface area contributed by atoms with Crippen LogP contribution in [0, 0.1) is 0 Å². The number of para-hydroxylation sites is 1. The van der Waals surface area contributed by atoms with Gasteiger partial charge in [0.15, 0.2) is 0 Å². The van der Waals surface area contributed by atoms with Gasteiger partial charge in [-0.3, -0.25) is 14.6 Å². The summed E-state index contributed by atoms with van der Waals surface area (Å²) >= 11 is 1.52. The number of carbonyl (C=O) groups is 2. The van der Waals surface area contributed by atoms with Crippen molar-refractivity contribution in [3.8, 4) is 0 Å². The Morgan fingerprint density at radius 2 is 1.88 bits per heavy atom. The maximum Gasteiger partial charge on any atom is 0.253 e. The third-order valence-corrected chi connectivity index (χ3v) is 4.24. The van der Waals surface area contributed by atoms with Crippen LogP contribution in [0.15, 0.2) is 48.8 Å². The summed E-state index contributed by atoms with van der Waals surface area (Å²) in [7, 11) is 0. The van der Waals surface area contributed by atoms with Crippen molar-refractivity contribution in [2.75, 3.05) is 17.6 Å². The predicted octanol–water partition coefficient (Wildman–Crippen LogP) is 3.09. The van der Waals surface area contributed by atoms with Crippen molar-refractivity contribution >= 4 is 29.3 Å². The Hall–Kier alpha value is -2.34. The van der Waals surface area contributed by atoms with Crippen molar-refractivity contribution in [3.05, 3.63) is 59.9 Å². The minimum atomic E-state index is -0.169. The summed E-state index contributed by atoms with van der Waals surface area (Å²) in [6.45, 7) is 2.61. The number of amides is 2. The molecule has 2 rings (SSSR count). The first-order valence-electron chi connectivity index (χ1n) is 7.84. The fourth-order valence-electron chi connectivity index (χ4n) is 2.05. The van der Waals surface area contributed by atoms with Gasteiger partial charge in [-0.1, -0.05) is 19.1 Å². The van der Waals surface area contributed by atoms with Gasteiger partial charge in [0.05, 0.1) is 17.0 Å². The molecule has 2 amide bonds. The number of anilines is 1. The molecule has 1 heterocycles. The largest absolute Gasteiger partial charge is 0.352 e. The van der Waals surface area contributed by atoms with E-state index in [1.54, 1.807) is 36.7 Å². The number of hydrogen-bond acceptors (Lipinski definition) is 4. The number of benzene rings is 1. The summed E-state index contributed by atoms with van der Waals surface area (Å²) in [5, 5.41) is 5.65. The van der Waals surface area contributed by atoms with E-state index in [2.05, 4.69) is 15.6 Å². The summed E-state index contributed by atoms with van der Waals surface area (Å²) in [6.07, 6.45) is 4.34. The van der Waals surface area contributed by atoms with Crippen LogP contribution in [0.4, 0.5) is 5.69 Å². The first-order chi connectivity index (χ1) is 11.7. The molecule has 0 fully saturated rings. The van der Waals surface area contributed by atoms with Crippen LogP contribution in [0.3, 0.4) is 0 Å². The Bertz CT molecular complexity index is 677. The Kier molecular flexibility index (Phi) is 7.29. The van der Waals surface area contributed by atoms with Gasteiger partial charge in [0.1, 0.15) is 0 Å². The molecule has 0 unspecified atom stereocenters. The minimum Gasteiger partial charge on any atom is -0.352 e. The quantitative estimate of drug-likeness (QED) is 0.773. The number of pyridine rings is 1. The number of nitrogens with zero attached hydrogens (tertiary/aromatic N) is 1. The highest BCUT2D eigenvalue weighted by atomic mass is 32.2. The van der Waals surface area contributed by atoms with Gasteiger partial charge in [-0.25, -0.2) is 0 Å². The van der Waals surface area contributed by atoms with E-state index >= 15 is 0 Å². The Labute approximate surface area is 146 Å². The van der Waals surface area contributed by atoms with Crippen LogP contribution in [0.5, 0.6) is 0 Å². The fraction of sp³-hybridized carbons (Fsp3) is 0.278. The molecule has 126 valence electrons. The third-order valence-electron chi connectivity index (χ3n) is 3.23. The number of rotatable bonds is 8. The smallest absolute Gasteiger partial charge is 0.253 e. The molecule has 1 aromatic heterocycles. The molecule has 2 aromatic rings. The van der Waals surface area contributed by atoms with Crippen LogP contribution in [0.2, 0.25) is 0 Å². The van der Waals surface area contributed by atoms with Gasteiger partial charge in [0.25, 0.3) is 5.91 Å². The van der Waals surface area contributed by atoms with E-state index in [4.69, 9.17) is 0 Å². The second-order valence-electron chi connectivity index (χ2n) is 5.20. The Morgan fingerprint density at radius 3 is 2.62 bits per heavy atom. The van der Waals surface area contributed by atoms with Gasteiger partial charge in [0.2, 0.25) is 5.91 Å². The molecule has 1 aromatic carbocycles. The summed E-state index contributed by atoms with van der Waals surface area (Å²) in [5.41, 5.74) is 2.15. The molecule has 0 aliphatic carbocycles. The molecule has 0 radical (unpaired) electrons. The van der Waals surface area contributed by atoms with Crippen molar-refractivity contribution < 1.29 is 9.59 Å². The number of hydrogen-bond donors (Lipinski definition) is 2. The van der Waals surface area contributed by atoms with Gasteiger partial charge < -0.3 is 10.6 Å². The molecule has 0 saturated carbocycles. The molecule has 0 spiro atoms. The highest BCUT2D eigenvalue weighted by Crippen LogP contribution is 2.16. The molecular weight excluding hydrogens is 322 g/mol. The second-order valence-corrected chi connectivity index (χ2v) is 6.18. The van der Waals surface area contributed by atoms with Gasteiger partial charge in [-0.2, -0.15) is 0 Å². The number of thioether (sulfide) groups is 1. The van der Waals surface area contributed by atoms with Crippen molar-refractivity contribution in [3.63, 3.8) is 0 Å². The van der Waals surface area contributed by atoms with Crippen LogP contribution in [0.25, 0.3) is 0 Å². The molecule has 5 nitrogen and oxygen atoms in total. The predicted molar refractivity (Wildman–Crippen MR) is 98.1 cm³/mol. The van der Waals surface area contributed by atoms with Crippen molar-refractivity contribution in [2.24, 2.45) is 0 Å². The molecular formula is C18H21N3O2S. The van der Waals surface area contributed by atoms with Gasteiger partial charge in [-0.05, 0) is 36.2 Å². The average Bonchev–Trinajstić information content (AvgIpc) is 2.61. The third kappa shape index (κ3) is 5.70. The molecule has 0 bridgehead atoms. The number of aromatic nitrogens is 1. The minimum absolute atomic E-state index is 0.121. The van der Waals surface area contributed by atoms with Gasteiger partial charge >= 0.3 is 0 Å². The highest BCUT2D eigenvalue weighted by molar-refractivity contribution is 7.99. The van der Waals surface area contributed by atoms with Crippen molar-refractivity contribution in [1.82, 2.24) is 10.3 Å². The molecule has 0 aliphatic heterocycles. The van der Waals surface area contributed by atoms with Crippen LogP contribution in [0.1, 0.15) is 29.3 Å². The zero-order valence-electron chi connectivity index (χ0n) is 13.6. The lowest BCUT2D eigenvalue weighted by atomic mass is 10.1. The van der Waals surface area contributed by atoms with E-state index in [-0.39, 0.29) is 11.8 Å². The van der Waals surface area contributed by atoms with Crippen molar-refractivity contribution in [1.29, 1.82) is 0 Å². The lowest BCUT2D eigenvalue weighted by Gasteiger charge is -2.11. The van der Waals surface area contributed by atoms with Crippen LogP contribution in [-0.4, -0.2) is 29.1 Å². The lowest BCUT2D eigenvalue weighted by molar-refractivity contribution is -0.113. The maximum atomic E-state index is 12.1. The zero-order chi connectivity index (χ0) is 17.2. The standard InChI is InChI=1S/C18H21N3O2S/c1-2-9-20-18(23)15-5-3-4-6-16(15)21-17(22)13-24-12-14-7-10-19-11-8-14/h3-8,10-11H,2,9,12-13H2,1H3,(H,20,23)(H,21,22). The normalized spacial score (nSPS) is 10.2. The van der Waals surface area contributed by atoms with E-state index in [1.165, 1.54) is 11.8 Å². The zero-order valence-corrected chi connectivity index (χ0v) is 14.4. The summed E-state index contributed by atoms with van der Waals surface area (Å²) < 4.78 is 0. The topological polar surface area (TPSA) is 71.1 Å². The Balaban J connectivity index is 1.88. The van der Waals surface area contributed by atoms with E-state index in [1.807, 2.05) is 19.1 Å². The number of carbonyl (C=O) groups excluding carboxylic acids is 2. The van der Waals surface area contributed by atoms with Crippen molar-refractivity contribution in [2.45, 2.75) is 19.1 Å². The SMILES string of the molecule is CCCNC(=O)c1ccccc1NC(=O)CSCc1ccncc1. The van der Waals surface area contributed by atoms with E-state index < -0.39 is 0 Å². The summed E-state index contributed by atoms with van der Waals surface area (Å²) in [4.78, 5) is 28.2. The van der Waals surface area contributed by atoms with Crippen LogP contribution < -0.4 is 10.6 Å². The fourth-order valence-corrected chi connectivity index (χ4v) is 2.84. The molecule has 6 heteroatoms. The van der Waals surface area contributed by atoms with Gasteiger partial charge in [-0.15, -0.1) is 11.8 Å². The van der Waals surface area contributed by atoms with Crippen LogP contribution >= 0.6 is 11.8 Å². The van der Waals surface area contributed by atoms with Gasteiger partial charge in [0, 0.05) is 24.7 Å². The second kappa shape index (κ2) is 9.72. The molecule has 0 saturated heterocycles. The average molecular weight is 343 g/mol. The summed E-state index contributed by atoms with van der Waals surface area (Å²) in [6, 6.07) is 10.9. The molecule has 2 N–H and O–H groups in total. The first-order valence-corrected chi connectivity index (χ1v) is 9.00. The summed E-state index contributed by atoms with van der Waals surface area (Å²) in [5.74, 6) is 0.781. The lowest BCUT2D eigenvalue weighted by Crippen LogP contribution is -2.26. The molecule has 24 heavy (non-hydrogen) atoms. The van der Waals surface area contributed by atoms with E-state index in [0.717, 1.165) is 17.7 Å². The molecule has 0 atom stereocenters. The first kappa shape index (κ1) is 18.0.